The number of hydrogen-bond acceptors (Lipinski definition) is 4. The number of halogens is 1. The second-order valence-electron chi connectivity index (χ2n) is 3.25. The fourth-order valence-electron chi connectivity index (χ4n) is 0.990. The summed E-state index contributed by atoms with van der Waals surface area (Å²) in [5, 5.41) is 20.4. The molecule has 2 N–H and O–H groups in total. The highest BCUT2D eigenvalue weighted by Gasteiger charge is 2.12. The van der Waals surface area contributed by atoms with E-state index in [-0.39, 0.29) is 11.6 Å². The van der Waals surface area contributed by atoms with Crippen LogP contribution >= 0.6 is 11.6 Å². The molecule has 1 heterocycles. The molecule has 5 nitrogen and oxygen atoms in total. The Morgan fingerprint density at radius 1 is 1.81 bits per heavy atom. The number of hydrogen-bond donors (Lipinski definition) is 2. The number of aliphatic carboxylic acids is 1. The molecule has 0 aliphatic heterocycles. The predicted molar refractivity (Wildman–Crippen MR) is 59.3 cm³/mol. The van der Waals surface area contributed by atoms with Crippen LogP contribution < -0.4 is 5.32 Å². The van der Waals surface area contributed by atoms with Crippen LogP contribution in [-0.2, 0) is 4.79 Å². The maximum Gasteiger partial charge on any atom is 0.308 e. The summed E-state index contributed by atoms with van der Waals surface area (Å²) >= 11 is 5.88. The van der Waals surface area contributed by atoms with Crippen molar-refractivity contribution in [1.82, 2.24) is 4.98 Å². The van der Waals surface area contributed by atoms with Gasteiger partial charge in [-0.05, 0) is 6.07 Å². The van der Waals surface area contributed by atoms with Crippen molar-refractivity contribution in [2.24, 2.45) is 5.92 Å². The van der Waals surface area contributed by atoms with Crippen molar-refractivity contribution >= 4 is 23.4 Å². The Hall–Kier alpha value is -1.80. The second-order valence-corrected chi connectivity index (χ2v) is 3.63. The standard InChI is InChI=1S/C10H10ClN3O2/c1-6(10(15)16)5-14-9-8(11)7(4-12)2-3-13-9/h2-3,6H,5H2,1H3,(H,13,14)(H,15,16). The zero-order valence-corrected chi connectivity index (χ0v) is 9.32. The molecule has 0 fully saturated rings. The van der Waals surface area contributed by atoms with Crippen LogP contribution in [0.2, 0.25) is 5.02 Å². The average molecular weight is 240 g/mol. The lowest BCUT2D eigenvalue weighted by Gasteiger charge is -2.10. The Labute approximate surface area is 97.7 Å². The smallest absolute Gasteiger partial charge is 0.308 e. The molecular weight excluding hydrogens is 230 g/mol. The number of carbonyl (C=O) groups is 1. The van der Waals surface area contributed by atoms with Crippen molar-refractivity contribution in [2.45, 2.75) is 6.92 Å². The van der Waals surface area contributed by atoms with Crippen LogP contribution in [0.25, 0.3) is 0 Å². The van der Waals surface area contributed by atoms with Crippen molar-refractivity contribution in [3.05, 3.63) is 22.8 Å². The van der Waals surface area contributed by atoms with Gasteiger partial charge in [-0.25, -0.2) is 4.98 Å². The summed E-state index contributed by atoms with van der Waals surface area (Å²) in [4.78, 5) is 14.5. The normalized spacial score (nSPS) is 11.6. The molecule has 0 aliphatic rings. The first kappa shape index (κ1) is 12.3. The van der Waals surface area contributed by atoms with E-state index in [0.717, 1.165) is 0 Å². The van der Waals surface area contributed by atoms with Crippen molar-refractivity contribution < 1.29 is 9.90 Å². The average Bonchev–Trinajstić information content (AvgIpc) is 2.27. The molecule has 0 bridgehead atoms. The Morgan fingerprint density at radius 3 is 3.06 bits per heavy atom. The molecule has 1 aromatic heterocycles. The summed E-state index contributed by atoms with van der Waals surface area (Å²) in [7, 11) is 0. The van der Waals surface area contributed by atoms with Gasteiger partial charge >= 0.3 is 5.97 Å². The van der Waals surface area contributed by atoms with Crippen LogP contribution in [-0.4, -0.2) is 22.6 Å². The Balaban J connectivity index is 2.76. The van der Waals surface area contributed by atoms with Gasteiger partial charge < -0.3 is 10.4 Å². The monoisotopic (exact) mass is 239 g/mol. The van der Waals surface area contributed by atoms with E-state index in [1.165, 1.54) is 12.3 Å². The number of carboxylic acid groups (broad SMARTS) is 1. The van der Waals surface area contributed by atoms with E-state index in [9.17, 15) is 4.79 Å². The highest BCUT2D eigenvalue weighted by atomic mass is 35.5. The maximum atomic E-state index is 10.6. The summed E-state index contributed by atoms with van der Waals surface area (Å²) < 4.78 is 0. The highest BCUT2D eigenvalue weighted by Crippen LogP contribution is 2.22. The molecular formula is C10H10ClN3O2. The third kappa shape index (κ3) is 2.84. The molecule has 6 heteroatoms. The number of aromatic nitrogens is 1. The zero-order valence-electron chi connectivity index (χ0n) is 8.57. The number of anilines is 1. The molecule has 16 heavy (non-hydrogen) atoms. The summed E-state index contributed by atoms with van der Waals surface area (Å²) in [6, 6.07) is 3.41. The molecule has 1 unspecified atom stereocenters. The second kappa shape index (κ2) is 5.33. The fraction of sp³-hybridized carbons (Fsp3) is 0.300. The van der Waals surface area contributed by atoms with Crippen molar-refractivity contribution in [1.29, 1.82) is 5.26 Å². The van der Waals surface area contributed by atoms with Gasteiger partial charge in [0.05, 0.1) is 11.5 Å². The minimum Gasteiger partial charge on any atom is -0.481 e. The molecule has 1 atom stereocenters. The van der Waals surface area contributed by atoms with Crippen LogP contribution in [0.15, 0.2) is 12.3 Å². The van der Waals surface area contributed by atoms with E-state index in [4.69, 9.17) is 22.0 Å². The van der Waals surface area contributed by atoms with Crippen molar-refractivity contribution in [3.8, 4) is 6.07 Å². The van der Waals surface area contributed by atoms with E-state index in [0.29, 0.717) is 11.4 Å². The molecule has 84 valence electrons. The summed E-state index contributed by atoms with van der Waals surface area (Å²) in [5.74, 6) is -1.13. The molecule has 0 aromatic carbocycles. The van der Waals surface area contributed by atoms with E-state index in [2.05, 4.69) is 10.3 Å². The lowest BCUT2D eigenvalue weighted by atomic mass is 10.2. The summed E-state index contributed by atoms with van der Waals surface area (Å²) in [5.41, 5.74) is 0.308. The Kier molecular flexibility index (Phi) is 4.09. The Bertz CT molecular complexity index is 442. The van der Waals surface area contributed by atoms with Crippen LogP contribution in [0.1, 0.15) is 12.5 Å². The van der Waals surface area contributed by atoms with E-state index < -0.39 is 11.9 Å². The van der Waals surface area contributed by atoms with Gasteiger partial charge in [0, 0.05) is 12.7 Å². The minimum atomic E-state index is -0.903. The number of nitriles is 1. The van der Waals surface area contributed by atoms with Gasteiger partial charge in [0.15, 0.2) is 0 Å². The molecule has 0 spiro atoms. The van der Waals surface area contributed by atoms with Crippen LogP contribution in [0.4, 0.5) is 5.82 Å². The largest absolute Gasteiger partial charge is 0.481 e. The third-order valence-corrected chi connectivity index (χ3v) is 2.39. The fourth-order valence-corrected chi connectivity index (χ4v) is 1.21. The highest BCUT2D eigenvalue weighted by molar-refractivity contribution is 6.34. The molecule has 0 saturated heterocycles. The van der Waals surface area contributed by atoms with Gasteiger partial charge in [-0.3, -0.25) is 4.79 Å². The maximum absolute atomic E-state index is 10.6. The predicted octanol–water partition coefficient (Wildman–Crippen LogP) is 1.74. The topological polar surface area (TPSA) is 86.0 Å². The van der Waals surface area contributed by atoms with E-state index >= 15 is 0 Å². The number of nitrogens with one attached hydrogen (secondary N) is 1. The quantitative estimate of drug-likeness (QED) is 0.836. The van der Waals surface area contributed by atoms with Gasteiger partial charge in [0.2, 0.25) is 0 Å². The third-order valence-electron chi connectivity index (χ3n) is 2.01. The van der Waals surface area contributed by atoms with Crippen LogP contribution in [0.3, 0.4) is 0 Å². The number of carboxylic acids is 1. The van der Waals surface area contributed by atoms with Crippen LogP contribution in [0.5, 0.6) is 0 Å². The van der Waals surface area contributed by atoms with Crippen LogP contribution in [0, 0.1) is 17.2 Å². The van der Waals surface area contributed by atoms with Crippen molar-refractivity contribution in [3.63, 3.8) is 0 Å². The summed E-state index contributed by atoms with van der Waals surface area (Å²) in [6.45, 7) is 1.77. The Morgan fingerprint density at radius 2 is 2.50 bits per heavy atom. The van der Waals surface area contributed by atoms with Crippen molar-refractivity contribution in [2.75, 3.05) is 11.9 Å². The number of nitrogens with zero attached hydrogens (tertiary/aromatic N) is 2. The number of rotatable bonds is 4. The van der Waals surface area contributed by atoms with Gasteiger partial charge in [-0.1, -0.05) is 18.5 Å². The molecule has 0 amide bonds. The molecule has 0 aliphatic carbocycles. The SMILES string of the molecule is CC(CNc1nccc(C#N)c1Cl)C(=O)O. The van der Waals surface area contributed by atoms with E-state index in [1.54, 1.807) is 6.92 Å². The number of pyridine rings is 1. The first-order valence-electron chi connectivity index (χ1n) is 4.57. The molecule has 1 rings (SSSR count). The summed E-state index contributed by atoms with van der Waals surface area (Å²) in [6.07, 6.45) is 1.44. The zero-order chi connectivity index (χ0) is 12.1. The van der Waals surface area contributed by atoms with Gasteiger partial charge in [0.25, 0.3) is 0 Å². The van der Waals surface area contributed by atoms with Gasteiger partial charge in [0.1, 0.15) is 16.9 Å². The van der Waals surface area contributed by atoms with Gasteiger partial charge in [-0.2, -0.15) is 5.26 Å². The first-order valence-corrected chi connectivity index (χ1v) is 4.95. The first-order chi connectivity index (χ1) is 7.56. The molecule has 0 saturated carbocycles. The molecule has 1 aromatic rings. The van der Waals surface area contributed by atoms with E-state index in [1.807, 2.05) is 6.07 Å². The lowest BCUT2D eigenvalue weighted by molar-refractivity contribution is -0.140. The minimum absolute atomic E-state index is 0.205. The van der Waals surface area contributed by atoms with Gasteiger partial charge in [-0.15, -0.1) is 0 Å². The lowest BCUT2D eigenvalue weighted by Crippen LogP contribution is -2.20. The molecule has 0 radical (unpaired) electrons.